The van der Waals surface area contributed by atoms with Gasteiger partial charge < -0.3 is 5.32 Å². The lowest BCUT2D eigenvalue weighted by atomic mass is 9.70. The van der Waals surface area contributed by atoms with Gasteiger partial charge in [-0.3, -0.25) is 14.5 Å². The van der Waals surface area contributed by atoms with Crippen LogP contribution in [0.15, 0.2) is 35.8 Å². The smallest absolute Gasteiger partial charge is 0.229 e. The molecule has 0 spiro atoms. The summed E-state index contributed by atoms with van der Waals surface area (Å²) >= 11 is 1.43. The summed E-state index contributed by atoms with van der Waals surface area (Å²) in [5, 5.41) is 5.78. The maximum Gasteiger partial charge on any atom is 0.229 e. The van der Waals surface area contributed by atoms with Crippen molar-refractivity contribution in [3.63, 3.8) is 0 Å². The Morgan fingerprint density at radius 3 is 2.92 bits per heavy atom. The Morgan fingerprint density at radius 2 is 2.15 bits per heavy atom. The number of aromatic nitrogens is 1. The number of thiazole rings is 1. The number of amides is 2. The van der Waals surface area contributed by atoms with E-state index in [2.05, 4.69) is 42.3 Å². The van der Waals surface area contributed by atoms with Crippen LogP contribution in [0.5, 0.6) is 0 Å². The molecule has 1 aliphatic heterocycles. The van der Waals surface area contributed by atoms with Gasteiger partial charge in [-0.05, 0) is 29.4 Å². The van der Waals surface area contributed by atoms with Gasteiger partial charge in [-0.1, -0.05) is 38.1 Å². The Morgan fingerprint density at radius 1 is 1.35 bits per heavy atom. The largest absolute Gasteiger partial charge is 0.348 e. The summed E-state index contributed by atoms with van der Waals surface area (Å²) in [5.74, 6) is -0.383. The van der Waals surface area contributed by atoms with E-state index in [1.54, 1.807) is 11.1 Å². The van der Waals surface area contributed by atoms with Crippen LogP contribution in [0.4, 0.5) is 5.13 Å². The zero-order valence-corrected chi connectivity index (χ0v) is 15.9. The molecular formula is C20H23N3O2S. The van der Waals surface area contributed by atoms with Crippen LogP contribution in [0, 0.1) is 11.3 Å². The fraction of sp³-hybridized carbons (Fsp3) is 0.450. The summed E-state index contributed by atoms with van der Waals surface area (Å²) in [6.45, 7) is 4.82. The molecule has 1 N–H and O–H groups in total. The van der Waals surface area contributed by atoms with Crippen LogP contribution in [-0.4, -0.2) is 23.3 Å². The Hall–Kier alpha value is -2.21. The van der Waals surface area contributed by atoms with Gasteiger partial charge in [0.05, 0.1) is 12.0 Å². The fourth-order valence-corrected chi connectivity index (χ4v) is 4.68. The Labute approximate surface area is 157 Å². The van der Waals surface area contributed by atoms with E-state index in [4.69, 9.17) is 0 Å². The molecule has 0 radical (unpaired) electrons. The molecule has 1 aromatic heterocycles. The van der Waals surface area contributed by atoms with E-state index in [0.717, 1.165) is 12.8 Å². The molecule has 1 aromatic carbocycles. The highest BCUT2D eigenvalue weighted by molar-refractivity contribution is 7.13. The highest BCUT2D eigenvalue weighted by Gasteiger charge is 2.41. The topological polar surface area (TPSA) is 62.3 Å². The maximum atomic E-state index is 13.0. The first-order chi connectivity index (χ1) is 12.5. The van der Waals surface area contributed by atoms with Crippen molar-refractivity contribution in [2.45, 2.75) is 39.2 Å². The number of nitrogens with zero attached hydrogens (tertiary/aromatic N) is 2. The van der Waals surface area contributed by atoms with E-state index >= 15 is 0 Å². The van der Waals surface area contributed by atoms with Crippen LogP contribution in [0.3, 0.4) is 0 Å². The standard InChI is InChI=1S/C20H23N3O2S/c1-20(2)8-7-13-5-3-4-6-15(13)17(20)22-18(25)14-11-16(24)23(12-14)19-21-9-10-26-19/h3-6,9-10,14,17H,7-8,11-12H2,1-2H3,(H,22,25)/t14-,17+/m0/s1. The molecule has 136 valence electrons. The summed E-state index contributed by atoms with van der Waals surface area (Å²) < 4.78 is 0. The van der Waals surface area contributed by atoms with Gasteiger partial charge in [0.1, 0.15) is 0 Å². The first kappa shape index (κ1) is 17.2. The molecule has 2 aliphatic rings. The van der Waals surface area contributed by atoms with Crippen molar-refractivity contribution in [3.05, 3.63) is 47.0 Å². The van der Waals surface area contributed by atoms with Crippen LogP contribution in [0.1, 0.15) is 43.9 Å². The average Bonchev–Trinajstić information content (AvgIpc) is 3.26. The molecule has 0 bridgehead atoms. The zero-order valence-electron chi connectivity index (χ0n) is 15.1. The van der Waals surface area contributed by atoms with Crippen LogP contribution < -0.4 is 10.2 Å². The van der Waals surface area contributed by atoms with E-state index in [1.165, 1.54) is 22.5 Å². The zero-order chi connectivity index (χ0) is 18.3. The van der Waals surface area contributed by atoms with Crippen molar-refractivity contribution in [2.75, 3.05) is 11.4 Å². The SMILES string of the molecule is CC1(C)CCc2ccccc2[C@H]1NC(=O)[C@H]1CC(=O)N(c2nccs2)C1. The molecule has 1 fully saturated rings. The lowest BCUT2D eigenvalue weighted by Gasteiger charge is -2.41. The molecule has 2 amide bonds. The minimum absolute atomic E-state index is 0.0123. The number of nitrogens with one attached hydrogen (secondary N) is 1. The third-order valence-corrected chi connectivity index (χ3v) is 6.41. The number of fused-ring (bicyclic) bond motifs is 1. The second-order valence-corrected chi connectivity index (χ2v) is 8.72. The quantitative estimate of drug-likeness (QED) is 0.903. The molecule has 0 saturated carbocycles. The monoisotopic (exact) mass is 369 g/mol. The van der Waals surface area contributed by atoms with Gasteiger partial charge in [0.15, 0.2) is 5.13 Å². The number of rotatable bonds is 3. The summed E-state index contributed by atoms with van der Waals surface area (Å²) in [7, 11) is 0. The molecule has 2 atom stereocenters. The Kier molecular flexibility index (Phi) is 4.31. The fourth-order valence-electron chi connectivity index (χ4n) is 4.02. The second kappa shape index (κ2) is 6.50. The molecule has 1 saturated heterocycles. The van der Waals surface area contributed by atoms with Gasteiger partial charge in [-0.15, -0.1) is 11.3 Å². The number of carbonyl (C=O) groups is 2. The minimum Gasteiger partial charge on any atom is -0.348 e. The molecular weight excluding hydrogens is 346 g/mol. The van der Waals surface area contributed by atoms with Crippen molar-refractivity contribution in [1.29, 1.82) is 0 Å². The summed E-state index contributed by atoms with van der Waals surface area (Å²) in [6, 6.07) is 8.32. The van der Waals surface area contributed by atoms with Gasteiger partial charge in [0.2, 0.25) is 11.8 Å². The summed E-state index contributed by atoms with van der Waals surface area (Å²) in [5.41, 5.74) is 2.50. The van der Waals surface area contributed by atoms with Crippen molar-refractivity contribution in [3.8, 4) is 0 Å². The number of anilines is 1. The lowest BCUT2D eigenvalue weighted by Crippen LogP contribution is -2.43. The van der Waals surface area contributed by atoms with Crippen molar-refractivity contribution in [2.24, 2.45) is 11.3 Å². The highest BCUT2D eigenvalue weighted by Crippen LogP contribution is 2.43. The molecule has 2 aromatic rings. The molecule has 5 nitrogen and oxygen atoms in total. The predicted molar refractivity (Wildman–Crippen MR) is 102 cm³/mol. The third kappa shape index (κ3) is 3.03. The van der Waals surface area contributed by atoms with E-state index in [0.29, 0.717) is 11.7 Å². The normalized spacial score (nSPS) is 24.4. The van der Waals surface area contributed by atoms with Gasteiger partial charge in [-0.2, -0.15) is 0 Å². The predicted octanol–water partition coefficient (Wildman–Crippen LogP) is 3.33. The molecule has 2 heterocycles. The van der Waals surface area contributed by atoms with Gasteiger partial charge >= 0.3 is 0 Å². The summed E-state index contributed by atoms with van der Waals surface area (Å²) in [4.78, 5) is 31.1. The van der Waals surface area contributed by atoms with Crippen molar-refractivity contribution in [1.82, 2.24) is 10.3 Å². The van der Waals surface area contributed by atoms with Crippen LogP contribution >= 0.6 is 11.3 Å². The molecule has 1 aliphatic carbocycles. The third-order valence-electron chi connectivity index (χ3n) is 5.62. The molecule has 26 heavy (non-hydrogen) atoms. The molecule has 4 rings (SSSR count). The average molecular weight is 369 g/mol. The minimum atomic E-state index is -0.323. The van der Waals surface area contributed by atoms with E-state index in [9.17, 15) is 9.59 Å². The number of benzene rings is 1. The van der Waals surface area contributed by atoms with Crippen LogP contribution in [0.25, 0.3) is 0 Å². The number of hydrogen-bond acceptors (Lipinski definition) is 4. The number of carbonyl (C=O) groups excluding carboxylic acids is 2. The van der Waals surface area contributed by atoms with E-state index in [-0.39, 0.29) is 35.6 Å². The molecule has 0 unspecified atom stereocenters. The number of aryl methyl sites for hydroxylation is 1. The molecule has 6 heteroatoms. The first-order valence-corrected chi connectivity index (χ1v) is 9.92. The lowest BCUT2D eigenvalue weighted by molar-refractivity contribution is -0.127. The van der Waals surface area contributed by atoms with Crippen molar-refractivity contribution < 1.29 is 9.59 Å². The van der Waals surface area contributed by atoms with E-state index in [1.807, 2.05) is 11.4 Å². The van der Waals surface area contributed by atoms with Gasteiger partial charge in [0.25, 0.3) is 0 Å². The van der Waals surface area contributed by atoms with Crippen molar-refractivity contribution >= 4 is 28.3 Å². The van der Waals surface area contributed by atoms with E-state index < -0.39 is 0 Å². The van der Waals surface area contributed by atoms with Gasteiger partial charge in [-0.25, -0.2) is 4.98 Å². The van der Waals surface area contributed by atoms with Gasteiger partial charge in [0, 0.05) is 24.5 Å². The number of hydrogen-bond donors (Lipinski definition) is 1. The summed E-state index contributed by atoms with van der Waals surface area (Å²) in [6.07, 6.45) is 4.00. The van der Waals surface area contributed by atoms with Crippen LogP contribution in [0.2, 0.25) is 0 Å². The highest BCUT2D eigenvalue weighted by atomic mass is 32.1. The van der Waals surface area contributed by atoms with Crippen LogP contribution in [-0.2, 0) is 16.0 Å². The second-order valence-electron chi connectivity index (χ2n) is 7.85. The maximum absolute atomic E-state index is 13.0. The Balaban J connectivity index is 1.52. The first-order valence-electron chi connectivity index (χ1n) is 9.04. The Bertz CT molecular complexity index is 831.